The smallest absolute Gasteiger partial charge is 0.211 e. The minimum atomic E-state index is -3.28. The Morgan fingerprint density at radius 3 is 2.83 bits per heavy atom. The second-order valence-corrected chi connectivity index (χ2v) is 7.08. The van der Waals surface area contributed by atoms with Crippen molar-refractivity contribution in [3.05, 3.63) is 29.8 Å². The first-order valence-corrected chi connectivity index (χ1v) is 8.61. The third-order valence-corrected chi connectivity index (χ3v) is 4.75. The van der Waals surface area contributed by atoms with Gasteiger partial charge in [-0.1, -0.05) is 0 Å². The van der Waals surface area contributed by atoms with Crippen LogP contribution in [0.1, 0.15) is 12.8 Å². The van der Waals surface area contributed by atoms with Crippen molar-refractivity contribution >= 4 is 45.6 Å². The zero-order valence-corrected chi connectivity index (χ0v) is 15.6. The fourth-order valence-electron chi connectivity index (χ4n) is 2.40. The van der Waals surface area contributed by atoms with Crippen LogP contribution in [0.15, 0.2) is 23.2 Å². The van der Waals surface area contributed by atoms with E-state index in [2.05, 4.69) is 10.3 Å². The first-order chi connectivity index (χ1) is 10.3. The molecular weight excluding hydrogens is 441 g/mol. The molecule has 6 nitrogen and oxygen atoms in total. The Morgan fingerprint density at radius 1 is 1.48 bits per heavy atom. The molecular formula is C13H19F2IN4O2S. The maximum atomic E-state index is 13.5. The van der Waals surface area contributed by atoms with E-state index in [0.29, 0.717) is 13.0 Å². The van der Waals surface area contributed by atoms with Gasteiger partial charge in [-0.15, -0.1) is 24.0 Å². The number of guanidine groups is 1. The van der Waals surface area contributed by atoms with Crippen LogP contribution in [-0.4, -0.2) is 44.1 Å². The Kier molecular flexibility index (Phi) is 7.14. The fraction of sp³-hybridized carbons (Fsp3) is 0.462. The summed E-state index contributed by atoms with van der Waals surface area (Å²) in [6.07, 6.45) is 2.61. The van der Waals surface area contributed by atoms with Gasteiger partial charge >= 0.3 is 0 Å². The lowest BCUT2D eigenvalue weighted by atomic mass is 10.2. The van der Waals surface area contributed by atoms with Crippen molar-refractivity contribution in [2.45, 2.75) is 18.9 Å². The summed E-state index contributed by atoms with van der Waals surface area (Å²) in [5, 5.41) is 2.47. The highest BCUT2D eigenvalue weighted by Crippen LogP contribution is 2.20. The van der Waals surface area contributed by atoms with Gasteiger partial charge in [0.05, 0.1) is 18.5 Å². The second kappa shape index (κ2) is 8.20. The average Bonchev–Trinajstić information content (AvgIpc) is 2.89. The molecule has 0 spiro atoms. The lowest BCUT2D eigenvalue weighted by Gasteiger charge is -2.20. The van der Waals surface area contributed by atoms with E-state index in [1.165, 1.54) is 4.31 Å². The number of nitrogens with zero attached hydrogens (tertiary/aromatic N) is 2. The Morgan fingerprint density at radius 2 is 2.17 bits per heavy atom. The number of benzene rings is 1. The molecule has 3 N–H and O–H groups in total. The molecule has 10 heteroatoms. The highest BCUT2D eigenvalue weighted by atomic mass is 127. The zero-order valence-electron chi connectivity index (χ0n) is 12.5. The van der Waals surface area contributed by atoms with Gasteiger partial charge in [-0.25, -0.2) is 17.2 Å². The van der Waals surface area contributed by atoms with Crippen molar-refractivity contribution in [3.8, 4) is 0 Å². The monoisotopic (exact) mass is 460 g/mol. The largest absolute Gasteiger partial charge is 0.370 e. The number of nitrogens with one attached hydrogen (secondary N) is 1. The van der Waals surface area contributed by atoms with E-state index in [0.717, 1.165) is 30.9 Å². The van der Waals surface area contributed by atoms with Crippen LogP contribution in [0.3, 0.4) is 0 Å². The van der Waals surface area contributed by atoms with E-state index in [1.54, 1.807) is 0 Å². The van der Waals surface area contributed by atoms with Gasteiger partial charge in [-0.3, -0.25) is 4.99 Å². The van der Waals surface area contributed by atoms with Gasteiger partial charge in [0, 0.05) is 18.7 Å². The summed E-state index contributed by atoms with van der Waals surface area (Å²) in [5.74, 6) is -1.35. The summed E-state index contributed by atoms with van der Waals surface area (Å²) in [6.45, 7) is 0.633. The summed E-state index contributed by atoms with van der Waals surface area (Å²) in [5.41, 5.74) is 5.52. The van der Waals surface area contributed by atoms with Crippen molar-refractivity contribution in [2.24, 2.45) is 10.7 Å². The molecule has 130 valence electrons. The first kappa shape index (κ1) is 20.0. The van der Waals surface area contributed by atoms with E-state index >= 15 is 0 Å². The van der Waals surface area contributed by atoms with Gasteiger partial charge in [-0.05, 0) is 25.0 Å². The summed E-state index contributed by atoms with van der Waals surface area (Å²) in [6, 6.07) is 2.69. The predicted molar refractivity (Wildman–Crippen MR) is 96.5 cm³/mol. The van der Waals surface area contributed by atoms with Crippen LogP contribution >= 0.6 is 24.0 Å². The zero-order chi connectivity index (χ0) is 16.3. The van der Waals surface area contributed by atoms with Crippen molar-refractivity contribution in [1.29, 1.82) is 0 Å². The van der Waals surface area contributed by atoms with E-state index in [9.17, 15) is 17.2 Å². The maximum Gasteiger partial charge on any atom is 0.211 e. The molecule has 0 unspecified atom stereocenters. The Balaban J connectivity index is 0.00000264. The molecule has 0 amide bonds. The predicted octanol–water partition coefficient (Wildman–Crippen LogP) is 1.73. The number of halogens is 3. The van der Waals surface area contributed by atoms with Crippen molar-refractivity contribution in [3.63, 3.8) is 0 Å². The van der Waals surface area contributed by atoms with E-state index in [4.69, 9.17) is 5.73 Å². The van der Waals surface area contributed by atoms with Gasteiger partial charge < -0.3 is 11.1 Å². The number of rotatable bonds is 4. The molecule has 23 heavy (non-hydrogen) atoms. The fourth-order valence-corrected chi connectivity index (χ4v) is 3.58. The SMILES string of the molecule is CS(=O)(=O)N1CCC[C@@H]1CN=C(N)Nc1cc(F)ccc1F.I. The molecule has 1 saturated heterocycles. The third-order valence-electron chi connectivity index (χ3n) is 3.41. The molecule has 1 heterocycles. The average molecular weight is 460 g/mol. The molecule has 2 rings (SSSR count). The number of sulfonamides is 1. The van der Waals surface area contributed by atoms with Gasteiger partial charge in [-0.2, -0.15) is 4.31 Å². The summed E-state index contributed by atoms with van der Waals surface area (Å²) in [4.78, 5) is 4.02. The van der Waals surface area contributed by atoms with Crippen LogP contribution in [0.2, 0.25) is 0 Å². The van der Waals surface area contributed by atoms with Crippen LogP contribution < -0.4 is 11.1 Å². The number of nitrogens with two attached hydrogens (primary N) is 1. The van der Waals surface area contributed by atoms with E-state index in [1.807, 2.05) is 0 Å². The molecule has 1 aliphatic heterocycles. The number of anilines is 1. The highest BCUT2D eigenvalue weighted by Gasteiger charge is 2.31. The van der Waals surface area contributed by atoms with Crippen molar-refractivity contribution in [1.82, 2.24) is 4.31 Å². The lowest BCUT2D eigenvalue weighted by Crippen LogP contribution is -2.37. The minimum absolute atomic E-state index is 0. The molecule has 0 aromatic heterocycles. The maximum absolute atomic E-state index is 13.5. The van der Waals surface area contributed by atoms with E-state index < -0.39 is 21.7 Å². The molecule has 1 atom stereocenters. The van der Waals surface area contributed by atoms with Crippen molar-refractivity contribution in [2.75, 3.05) is 24.7 Å². The molecule has 1 aliphatic rings. The van der Waals surface area contributed by atoms with Gasteiger partial charge in [0.25, 0.3) is 0 Å². The van der Waals surface area contributed by atoms with Crippen LogP contribution in [0.25, 0.3) is 0 Å². The number of aliphatic imine (C=N–C) groups is 1. The molecule has 0 bridgehead atoms. The van der Waals surface area contributed by atoms with Gasteiger partial charge in [0.2, 0.25) is 10.0 Å². The number of hydrogen-bond acceptors (Lipinski definition) is 3. The normalized spacial score (nSPS) is 19.4. The second-order valence-electron chi connectivity index (χ2n) is 5.14. The molecule has 1 aromatic carbocycles. The number of hydrogen-bond donors (Lipinski definition) is 2. The summed E-state index contributed by atoms with van der Waals surface area (Å²) in [7, 11) is -3.28. The molecule has 1 fully saturated rings. The van der Waals surface area contributed by atoms with E-state index in [-0.39, 0.29) is 48.2 Å². The van der Waals surface area contributed by atoms with Crippen LogP contribution in [-0.2, 0) is 10.0 Å². The van der Waals surface area contributed by atoms with Crippen LogP contribution in [0, 0.1) is 11.6 Å². The molecule has 0 aliphatic carbocycles. The topological polar surface area (TPSA) is 87.8 Å². The van der Waals surface area contributed by atoms with Gasteiger partial charge in [0.15, 0.2) is 5.96 Å². The third kappa shape index (κ3) is 5.53. The summed E-state index contributed by atoms with van der Waals surface area (Å²) < 4.78 is 51.1. The first-order valence-electron chi connectivity index (χ1n) is 6.76. The Bertz CT molecular complexity index is 685. The van der Waals surface area contributed by atoms with Crippen molar-refractivity contribution < 1.29 is 17.2 Å². The Labute approximate surface area is 151 Å². The highest BCUT2D eigenvalue weighted by molar-refractivity contribution is 14.0. The quantitative estimate of drug-likeness (QED) is 0.407. The summed E-state index contributed by atoms with van der Waals surface area (Å²) >= 11 is 0. The van der Waals surface area contributed by atoms with Gasteiger partial charge in [0.1, 0.15) is 11.6 Å². The molecule has 0 saturated carbocycles. The molecule has 1 aromatic rings. The standard InChI is InChI=1S/C13H18F2N4O2S.HI/c1-22(20,21)19-6-2-3-10(19)8-17-13(16)18-12-7-9(14)4-5-11(12)15;/h4-5,7,10H,2-3,6,8H2,1H3,(H3,16,17,18);1H/t10-;/m1./s1. The molecule has 0 radical (unpaired) electrons. The van der Waals surface area contributed by atoms with Crippen LogP contribution in [0.4, 0.5) is 14.5 Å². The minimum Gasteiger partial charge on any atom is -0.370 e. The lowest BCUT2D eigenvalue weighted by molar-refractivity contribution is 0.397. The Hall–Kier alpha value is -1.01. The van der Waals surface area contributed by atoms with Crippen LogP contribution in [0.5, 0.6) is 0 Å².